The summed E-state index contributed by atoms with van der Waals surface area (Å²) in [6.45, 7) is 9.56. The maximum atomic E-state index is 12.7. The molecule has 1 N–H and O–H groups in total. The van der Waals surface area contributed by atoms with Gasteiger partial charge in [0, 0.05) is 6.54 Å². The Kier molecular flexibility index (Phi) is 4.81. The van der Waals surface area contributed by atoms with Gasteiger partial charge in [0.15, 0.2) is 0 Å². The van der Waals surface area contributed by atoms with Gasteiger partial charge in [0.2, 0.25) is 5.91 Å². The number of rotatable bonds is 5. The fraction of sp³-hybridized carbons (Fsp3) is 0.588. The number of amides is 1. The van der Waals surface area contributed by atoms with Crippen LogP contribution >= 0.6 is 0 Å². The van der Waals surface area contributed by atoms with Crippen molar-refractivity contribution in [1.82, 2.24) is 10.2 Å². The Morgan fingerprint density at radius 2 is 1.75 bits per heavy atom. The van der Waals surface area contributed by atoms with E-state index in [2.05, 4.69) is 33.0 Å². The minimum absolute atomic E-state index is 0.162. The van der Waals surface area contributed by atoms with Gasteiger partial charge in [0.25, 0.3) is 0 Å². The van der Waals surface area contributed by atoms with Crippen molar-refractivity contribution in [3.8, 4) is 0 Å². The molecule has 1 aromatic rings. The second-order valence-electron chi connectivity index (χ2n) is 6.54. The summed E-state index contributed by atoms with van der Waals surface area (Å²) in [5.41, 5.74) is 1.07. The number of hydrogen-bond donors (Lipinski definition) is 1. The minimum Gasteiger partial charge on any atom is -0.325 e. The summed E-state index contributed by atoms with van der Waals surface area (Å²) in [4.78, 5) is 14.7. The van der Waals surface area contributed by atoms with Crippen LogP contribution in [0.5, 0.6) is 0 Å². The van der Waals surface area contributed by atoms with E-state index in [4.69, 9.17) is 0 Å². The highest BCUT2D eigenvalue weighted by atomic mass is 16.2. The van der Waals surface area contributed by atoms with Gasteiger partial charge >= 0.3 is 0 Å². The van der Waals surface area contributed by atoms with Gasteiger partial charge in [-0.3, -0.25) is 10.1 Å². The average molecular weight is 274 g/mol. The molecule has 1 heterocycles. The minimum atomic E-state index is -0.182. The van der Waals surface area contributed by atoms with Gasteiger partial charge in [-0.2, -0.15) is 0 Å². The summed E-state index contributed by atoms with van der Waals surface area (Å²) in [6, 6.07) is 9.85. The highest BCUT2D eigenvalue weighted by Gasteiger charge is 2.39. The largest absolute Gasteiger partial charge is 0.325 e. The van der Waals surface area contributed by atoms with Crippen LogP contribution in [0.25, 0.3) is 0 Å². The van der Waals surface area contributed by atoms with Crippen LogP contribution in [-0.2, 0) is 4.79 Å². The van der Waals surface area contributed by atoms with E-state index in [1.807, 2.05) is 35.2 Å². The van der Waals surface area contributed by atoms with Crippen LogP contribution < -0.4 is 5.32 Å². The normalized spacial score (nSPS) is 23.1. The molecule has 20 heavy (non-hydrogen) atoms. The summed E-state index contributed by atoms with van der Waals surface area (Å²) in [5, 5.41) is 3.52. The lowest BCUT2D eigenvalue weighted by molar-refractivity contribution is -0.130. The predicted molar refractivity (Wildman–Crippen MR) is 82.1 cm³/mol. The zero-order valence-electron chi connectivity index (χ0n) is 13.0. The lowest BCUT2D eigenvalue weighted by Gasteiger charge is -2.27. The van der Waals surface area contributed by atoms with Gasteiger partial charge in [-0.1, -0.05) is 58.0 Å². The van der Waals surface area contributed by atoms with Crippen molar-refractivity contribution < 1.29 is 4.79 Å². The van der Waals surface area contributed by atoms with E-state index in [1.165, 1.54) is 0 Å². The lowest BCUT2D eigenvalue weighted by Crippen LogP contribution is -2.40. The van der Waals surface area contributed by atoms with Crippen molar-refractivity contribution in [3.63, 3.8) is 0 Å². The van der Waals surface area contributed by atoms with Gasteiger partial charge in [-0.15, -0.1) is 0 Å². The topological polar surface area (TPSA) is 32.3 Å². The van der Waals surface area contributed by atoms with Gasteiger partial charge in [-0.25, -0.2) is 0 Å². The van der Waals surface area contributed by atoms with Crippen molar-refractivity contribution in [2.45, 2.75) is 46.3 Å². The lowest BCUT2D eigenvalue weighted by atomic mass is 10.1. The fourth-order valence-electron chi connectivity index (χ4n) is 2.81. The number of nitrogens with one attached hydrogen (secondary N) is 1. The third-order valence-corrected chi connectivity index (χ3v) is 3.65. The first-order chi connectivity index (χ1) is 9.49. The molecule has 110 valence electrons. The van der Waals surface area contributed by atoms with E-state index in [9.17, 15) is 4.79 Å². The highest BCUT2D eigenvalue weighted by molar-refractivity contribution is 5.85. The van der Waals surface area contributed by atoms with E-state index in [0.717, 1.165) is 18.5 Å². The summed E-state index contributed by atoms with van der Waals surface area (Å²) < 4.78 is 0. The van der Waals surface area contributed by atoms with Crippen molar-refractivity contribution >= 4 is 5.91 Å². The molecule has 2 rings (SSSR count). The Hall–Kier alpha value is -1.35. The van der Waals surface area contributed by atoms with E-state index >= 15 is 0 Å². The molecule has 0 bridgehead atoms. The van der Waals surface area contributed by atoms with E-state index < -0.39 is 0 Å². The molecular formula is C17H26N2O. The van der Waals surface area contributed by atoms with Crippen LogP contribution in [-0.4, -0.2) is 23.5 Å². The zero-order valence-corrected chi connectivity index (χ0v) is 13.0. The Morgan fingerprint density at radius 3 is 2.30 bits per heavy atom. The van der Waals surface area contributed by atoms with Crippen molar-refractivity contribution in [2.24, 2.45) is 11.8 Å². The van der Waals surface area contributed by atoms with E-state index in [1.54, 1.807) is 0 Å². The molecule has 0 aromatic heterocycles. The molecule has 1 aliphatic heterocycles. The monoisotopic (exact) mass is 274 g/mol. The molecule has 0 aliphatic carbocycles. The number of hydrogen-bond acceptors (Lipinski definition) is 2. The molecule has 1 aromatic carbocycles. The summed E-state index contributed by atoms with van der Waals surface area (Å²) in [5.74, 6) is 1.28. The third-order valence-electron chi connectivity index (χ3n) is 3.65. The standard InChI is InChI=1S/C17H26N2O/c1-12(2)10-15-18-16(14-8-6-5-7-9-14)17(20)19(15)11-13(3)4/h5-9,12-13,15-16,18H,10-11H2,1-4H3. The number of benzene rings is 1. The van der Waals surface area contributed by atoms with E-state index in [-0.39, 0.29) is 18.1 Å². The zero-order chi connectivity index (χ0) is 14.7. The Balaban J connectivity index is 2.19. The van der Waals surface area contributed by atoms with Crippen molar-refractivity contribution in [3.05, 3.63) is 35.9 Å². The maximum absolute atomic E-state index is 12.7. The van der Waals surface area contributed by atoms with Crippen LogP contribution in [0.2, 0.25) is 0 Å². The molecule has 1 amide bonds. The molecule has 0 saturated carbocycles. The molecule has 3 nitrogen and oxygen atoms in total. The average Bonchev–Trinajstić information content (AvgIpc) is 2.67. The van der Waals surface area contributed by atoms with Crippen LogP contribution in [0, 0.1) is 11.8 Å². The molecule has 0 spiro atoms. The summed E-state index contributed by atoms with van der Waals surface area (Å²) >= 11 is 0. The summed E-state index contributed by atoms with van der Waals surface area (Å²) in [6.07, 6.45) is 1.16. The predicted octanol–water partition coefficient (Wildman–Crippen LogP) is 3.19. The quantitative estimate of drug-likeness (QED) is 0.894. The first-order valence-corrected chi connectivity index (χ1v) is 7.60. The molecule has 2 unspecified atom stereocenters. The number of carbonyl (C=O) groups excluding carboxylic acids is 1. The van der Waals surface area contributed by atoms with Crippen LogP contribution in [0.1, 0.15) is 45.7 Å². The SMILES string of the molecule is CC(C)CC1NC(c2ccccc2)C(=O)N1CC(C)C. The fourth-order valence-corrected chi connectivity index (χ4v) is 2.81. The molecule has 1 aliphatic rings. The van der Waals surface area contributed by atoms with E-state index in [0.29, 0.717) is 11.8 Å². The first-order valence-electron chi connectivity index (χ1n) is 7.60. The maximum Gasteiger partial charge on any atom is 0.245 e. The van der Waals surface area contributed by atoms with Crippen LogP contribution in [0.4, 0.5) is 0 Å². The molecule has 3 heteroatoms. The second-order valence-corrected chi connectivity index (χ2v) is 6.54. The van der Waals surface area contributed by atoms with Crippen molar-refractivity contribution in [2.75, 3.05) is 6.54 Å². The number of carbonyl (C=O) groups is 1. The highest BCUT2D eigenvalue weighted by Crippen LogP contribution is 2.27. The molecule has 2 atom stereocenters. The summed E-state index contributed by atoms with van der Waals surface area (Å²) in [7, 11) is 0. The Labute approximate surface area is 122 Å². The Morgan fingerprint density at radius 1 is 1.10 bits per heavy atom. The molecule has 0 radical (unpaired) electrons. The van der Waals surface area contributed by atoms with Gasteiger partial charge in [-0.05, 0) is 23.8 Å². The molecule has 1 saturated heterocycles. The molecule has 1 fully saturated rings. The van der Waals surface area contributed by atoms with Crippen molar-refractivity contribution in [1.29, 1.82) is 0 Å². The van der Waals surface area contributed by atoms with Gasteiger partial charge in [0.1, 0.15) is 6.04 Å². The first kappa shape index (κ1) is 15.0. The third kappa shape index (κ3) is 3.40. The van der Waals surface area contributed by atoms with Crippen LogP contribution in [0.15, 0.2) is 30.3 Å². The van der Waals surface area contributed by atoms with Gasteiger partial charge < -0.3 is 4.90 Å². The second kappa shape index (κ2) is 6.40. The molecular weight excluding hydrogens is 248 g/mol. The Bertz CT molecular complexity index is 442. The smallest absolute Gasteiger partial charge is 0.245 e. The number of nitrogens with zero attached hydrogens (tertiary/aromatic N) is 1. The van der Waals surface area contributed by atoms with Crippen LogP contribution in [0.3, 0.4) is 0 Å². The van der Waals surface area contributed by atoms with Gasteiger partial charge in [0.05, 0.1) is 6.17 Å².